The van der Waals surface area contributed by atoms with Gasteiger partial charge in [0.15, 0.2) is 0 Å². The molecule has 0 spiro atoms. The molecule has 104 valence electrons. The van der Waals surface area contributed by atoms with E-state index < -0.39 is 5.92 Å². The molecule has 2 unspecified atom stereocenters. The number of nitrogens with zero attached hydrogens (tertiary/aromatic N) is 1. The van der Waals surface area contributed by atoms with Crippen LogP contribution >= 0.6 is 23.6 Å². The van der Waals surface area contributed by atoms with Gasteiger partial charge in [-0.05, 0) is 12.5 Å². The van der Waals surface area contributed by atoms with Crippen molar-refractivity contribution in [2.75, 3.05) is 0 Å². The van der Waals surface area contributed by atoms with Crippen molar-refractivity contribution in [2.45, 2.75) is 18.9 Å². The van der Waals surface area contributed by atoms with Gasteiger partial charge in [-0.1, -0.05) is 42.5 Å². The van der Waals surface area contributed by atoms with E-state index in [4.69, 9.17) is 18.0 Å². The van der Waals surface area contributed by atoms with E-state index in [9.17, 15) is 4.79 Å². The third-order valence-electron chi connectivity index (χ3n) is 2.86. The summed E-state index contributed by atoms with van der Waals surface area (Å²) >= 11 is 6.53. The number of rotatable bonds is 5. The molecule has 0 radical (unpaired) electrons. The molecule has 3 N–H and O–H groups in total. The molecule has 0 aliphatic heterocycles. The maximum absolute atomic E-state index is 12.4. The maximum Gasteiger partial charge on any atom is 0.234 e. The number of carbonyl (C=O) groups excluding carboxylic acids is 1. The van der Waals surface area contributed by atoms with Gasteiger partial charge >= 0.3 is 0 Å². The highest BCUT2D eigenvalue weighted by Crippen LogP contribution is 2.20. The lowest BCUT2D eigenvalue weighted by Crippen LogP contribution is -2.37. The smallest absolute Gasteiger partial charge is 0.234 e. The predicted octanol–water partition coefficient (Wildman–Crippen LogP) is 2.39. The summed E-state index contributed by atoms with van der Waals surface area (Å²) in [6, 6.07) is 9.13. The predicted molar refractivity (Wildman–Crippen MR) is 84.6 cm³/mol. The molecule has 0 saturated carbocycles. The summed E-state index contributed by atoms with van der Waals surface area (Å²) in [5.41, 5.74) is 6.52. The van der Waals surface area contributed by atoms with Crippen LogP contribution in [0, 0.1) is 0 Å². The molecule has 1 heterocycles. The Labute approximate surface area is 127 Å². The van der Waals surface area contributed by atoms with Crippen molar-refractivity contribution in [2.24, 2.45) is 5.73 Å². The summed E-state index contributed by atoms with van der Waals surface area (Å²) in [6.07, 6.45) is 1.71. The fraction of sp³-hybridized carbons (Fsp3) is 0.214. The van der Waals surface area contributed by atoms with E-state index in [1.807, 2.05) is 42.6 Å². The van der Waals surface area contributed by atoms with E-state index in [1.165, 1.54) is 11.3 Å². The number of carbonyl (C=O) groups is 1. The molecular weight excluding hydrogens is 290 g/mol. The average Bonchev–Trinajstić information content (AvgIpc) is 2.93. The Morgan fingerprint density at radius 1 is 1.40 bits per heavy atom. The first-order chi connectivity index (χ1) is 9.59. The van der Waals surface area contributed by atoms with Gasteiger partial charge in [-0.15, -0.1) is 11.3 Å². The quantitative estimate of drug-likeness (QED) is 0.832. The van der Waals surface area contributed by atoms with Crippen molar-refractivity contribution in [3.63, 3.8) is 0 Å². The van der Waals surface area contributed by atoms with E-state index in [-0.39, 0.29) is 16.9 Å². The molecule has 2 atom stereocenters. The minimum absolute atomic E-state index is 0.164. The SMILES string of the molecule is CC(NC(=O)C(C(N)=S)c1ccccc1)c1nccs1. The first-order valence-corrected chi connectivity index (χ1v) is 7.42. The summed E-state index contributed by atoms with van der Waals surface area (Å²) in [6.45, 7) is 1.89. The number of nitrogens with one attached hydrogen (secondary N) is 1. The summed E-state index contributed by atoms with van der Waals surface area (Å²) in [5, 5.41) is 5.63. The molecule has 6 heteroatoms. The van der Waals surface area contributed by atoms with E-state index in [0.29, 0.717) is 0 Å². The van der Waals surface area contributed by atoms with E-state index in [1.54, 1.807) is 6.20 Å². The third-order valence-corrected chi connectivity index (χ3v) is 4.05. The molecule has 0 aliphatic rings. The molecular formula is C14H15N3OS2. The van der Waals surface area contributed by atoms with Crippen molar-refractivity contribution in [3.05, 3.63) is 52.5 Å². The Balaban J connectivity index is 2.14. The minimum Gasteiger partial charge on any atom is -0.392 e. The van der Waals surface area contributed by atoms with E-state index in [0.717, 1.165) is 10.6 Å². The summed E-state index contributed by atoms with van der Waals surface area (Å²) in [7, 11) is 0. The molecule has 1 aromatic carbocycles. The largest absolute Gasteiger partial charge is 0.392 e. The number of hydrogen-bond acceptors (Lipinski definition) is 4. The highest BCUT2D eigenvalue weighted by atomic mass is 32.1. The van der Waals surface area contributed by atoms with Gasteiger partial charge < -0.3 is 11.1 Å². The van der Waals surface area contributed by atoms with Crippen molar-refractivity contribution in [3.8, 4) is 0 Å². The molecule has 20 heavy (non-hydrogen) atoms. The highest BCUT2D eigenvalue weighted by Gasteiger charge is 2.25. The normalized spacial score (nSPS) is 13.4. The lowest BCUT2D eigenvalue weighted by Gasteiger charge is -2.18. The average molecular weight is 305 g/mol. The Bertz CT molecular complexity index is 584. The fourth-order valence-electron chi connectivity index (χ4n) is 1.90. The van der Waals surface area contributed by atoms with Crippen LogP contribution in [0.2, 0.25) is 0 Å². The van der Waals surface area contributed by atoms with Crippen LogP contribution in [0.3, 0.4) is 0 Å². The van der Waals surface area contributed by atoms with Gasteiger partial charge in [-0.2, -0.15) is 0 Å². The molecule has 0 fully saturated rings. The third kappa shape index (κ3) is 3.40. The molecule has 0 bridgehead atoms. The first kappa shape index (κ1) is 14.6. The van der Waals surface area contributed by atoms with Gasteiger partial charge in [0.05, 0.1) is 11.0 Å². The lowest BCUT2D eigenvalue weighted by molar-refractivity contribution is -0.121. The van der Waals surface area contributed by atoms with Crippen LogP contribution in [0.15, 0.2) is 41.9 Å². The van der Waals surface area contributed by atoms with Crippen LogP contribution in [0.4, 0.5) is 0 Å². The van der Waals surface area contributed by atoms with Crippen molar-refractivity contribution >= 4 is 34.5 Å². The van der Waals surface area contributed by atoms with Crippen LogP contribution in [-0.4, -0.2) is 15.9 Å². The number of aromatic nitrogens is 1. The van der Waals surface area contributed by atoms with Gasteiger partial charge in [-0.25, -0.2) is 4.98 Å². The zero-order valence-electron chi connectivity index (χ0n) is 10.9. The van der Waals surface area contributed by atoms with E-state index >= 15 is 0 Å². The Hall–Kier alpha value is -1.79. The van der Waals surface area contributed by atoms with Gasteiger partial charge in [0.25, 0.3) is 0 Å². The van der Waals surface area contributed by atoms with Gasteiger partial charge in [0.1, 0.15) is 10.9 Å². The second-order valence-electron chi connectivity index (χ2n) is 4.35. The van der Waals surface area contributed by atoms with Crippen LogP contribution in [0.1, 0.15) is 29.5 Å². The highest BCUT2D eigenvalue weighted by molar-refractivity contribution is 7.80. The van der Waals surface area contributed by atoms with Crippen LogP contribution in [0.25, 0.3) is 0 Å². The molecule has 4 nitrogen and oxygen atoms in total. The number of thiocarbonyl (C=S) groups is 1. The molecule has 0 aliphatic carbocycles. The Morgan fingerprint density at radius 2 is 2.10 bits per heavy atom. The number of nitrogens with two attached hydrogens (primary N) is 1. The molecule has 1 aromatic heterocycles. The van der Waals surface area contributed by atoms with Crippen LogP contribution < -0.4 is 11.1 Å². The van der Waals surface area contributed by atoms with Crippen LogP contribution in [-0.2, 0) is 4.79 Å². The van der Waals surface area contributed by atoms with Gasteiger partial charge in [0.2, 0.25) is 5.91 Å². The summed E-state index contributed by atoms with van der Waals surface area (Å²) in [4.78, 5) is 16.7. The van der Waals surface area contributed by atoms with Gasteiger partial charge in [-0.3, -0.25) is 4.79 Å². The summed E-state index contributed by atoms with van der Waals surface area (Å²) < 4.78 is 0. The van der Waals surface area contributed by atoms with E-state index in [2.05, 4.69) is 10.3 Å². The number of hydrogen-bond donors (Lipinski definition) is 2. The van der Waals surface area contributed by atoms with Crippen molar-refractivity contribution in [1.82, 2.24) is 10.3 Å². The number of amides is 1. The minimum atomic E-state index is -0.617. The molecule has 2 aromatic rings. The van der Waals surface area contributed by atoms with Crippen molar-refractivity contribution < 1.29 is 4.79 Å². The maximum atomic E-state index is 12.4. The zero-order chi connectivity index (χ0) is 14.5. The Kier molecular flexibility index (Phi) is 4.81. The fourth-order valence-corrected chi connectivity index (χ4v) is 2.79. The molecule has 0 saturated heterocycles. The lowest BCUT2D eigenvalue weighted by atomic mass is 9.98. The number of thiazole rings is 1. The zero-order valence-corrected chi connectivity index (χ0v) is 12.6. The second-order valence-corrected chi connectivity index (χ2v) is 5.74. The number of benzene rings is 1. The first-order valence-electron chi connectivity index (χ1n) is 6.13. The summed E-state index contributed by atoms with van der Waals surface area (Å²) in [5.74, 6) is -0.819. The monoisotopic (exact) mass is 305 g/mol. The van der Waals surface area contributed by atoms with Gasteiger partial charge in [0, 0.05) is 11.6 Å². The standard InChI is InChI=1S/C14H15N3OS2/c1-9(14-16-7-8-20-14)17-13(18)11(12(15)19)10-5-3-2-4-6-10/h2-9,11H,1H3,(H2,15,19)(H,17,18). The molecule has 2 rings (SSSR count). The van der Waals surface area contributed by atoms with Crippen molar-refractivity contribution in [1.29, 1.82) is 0 Å². The second kappa shape index (κ2) is 6.58. The molecule has 1 amide bonds. The topological polar surface area (TPSA) is 68.0 Å². The van der Waals surface area contributed by atoms with Crippen LogP contribution in [0.5, 0.6) is 0 Å². The Morgan fingerprint density at radius 3 is 2.65 bits per heavy atom.